The molecular weight excluding hydrogens is 360 g/mol. The molecule has 1 N–H and O–H groups in total. The molecule has 1 saturated heterocycles. The molecule has 4 atom stereocenters. The maximum atomic E-state index is 13.1. The van der Waals surface area contributed by atoms with Gasteiger partial charge in [0.25, 0.3) is 5.91 Å². The summed E-state index contributed by atoms with van der Waals surface area (Å²) in [5, 5.41) is 11.6. The molecule has 0 bridgehead atoms. The van der Waals surface area contributed by atoms with Crippen molar-refractivity contribution in [3.63, 3.8) is 0 Å². The Bertz CT molecular complexity index is 983. The second-order valence-electron chi connectivity index (χ2n) is 7.76. The molecule has 1 aromatic carbocycles. The second-order valence-corrected chi connectivity index (χ2v) is 9.00. The van der Waals surface area contributed by atoms with Crippen LogP contribution in [0.5, 0.6) is 0 Å². The number of aliphatic hydroxyl groups is 1. The third-order valence-corrected chi connectivity index (χ3v) is 6.98. The van der Waals surface area contributed by atoms with Crippen LogP contribution in [-0.2, 0) is 0 Å². The van der Waals surface area contributed by atoms with Crippen molar-refractivity contribution in [1.82, 2.24) is 19.4 Å². The molecule has 2 aliphatic rings. The van der Waals surface area contributed by atoms with Crippen molar-refractivity contribution in [3.05, 3.63) is 47.5 Å². The first-order valence-corrected chi connectivity index (χ1v) is 10.2. The maximum Gasteiger partial charge on any atom is 0.253 e. The summed E-state index contributed by atoms with van der Waals surface area (Å²) in [7, 11) is 0. The Labute approximate surface area is 161 Å². The van der Waals surface area contributed by atoms with E-state index in [9.17, 15) is 9.90 Å². The van der Waals surface area contributed by atoms with Crippen LogP contribution in [0.4, 0.5) is 0 Å². The zero-order chi connectivity index (χ0) is 18.5. The van der Waals surface area contributed by atoms with Gasteiger partial charge < -0.3 is 14.6 Å². The van der Waals surface area contributed by atoms with E-state index in [-0.39, 0.29) is 18.1 Å². The third kappa shape index (κ3) is 2.95. The average Bonchev–Trinajstić information content (AvgIpc) is 3.37. The van der Waals surface area contributed by atoms with Crippen LogP contribution in [0.2, 0.25) is 0 Å². The zero-order valence-electron chi connectivity index (χ0n) is 15.2. The lowest BCUT2D eigenvalue weighted by Gasteiger charge is -2.35. The number of amides is 1. The van der Waals surface area contributed by atoms with Crippen molar-refractivity contribution in [2.75, 3.05) is 13.1 Å². The van der Waals surface area contributed by atoms with Crippen molar-refractivity contribution in [2.24, 2.45) is 11.8 Å². The second kappa shape index (κ2) is 6.42. The minimum Gasteiger partial charge on any atom is -0.391 e. The SMILES string of the molecule is Cc1nc2ccc(C(=O)N3C[C@H]4C[C@@H](n5ccnc5)[C@H](O)C[C@H]4C3)cc2s1. The summed E-state index contributed by atoms with van der Waals surface area (Å²) < 4.78 is 3.07. The van der Waals surface area contributed by atoms with Crippen LogP contribution in [-0.4, -0.2) is 49.6 Å². The summed E-state index contributed by atoms with van der Waals surface area (Å²) in [5.74, 6) is 0.892. The van der Waals surface area contributed by atoms with E-state index < -0.39 is 0 Å². The van der Waals surface area contributed by atoms with E-state index in [1.165, 1.54) is 0 Å². The fourth-order valence-corrected chi connectivity index (χ4v) is 5.58. The fraction of sp³-hybridized carbons (Fsp3) is 0.450. The summed E-state index contributed by atoms with van der Waals surface area (Å²) >= 11 is 1.62. The van der Waals surface area contributed by atoms with Gasteiger partial charge in [0.05, 0.1) is 33.7 Å². The number of hydrogen-bond donors (Lipinski definition) is 1. The number of benzene rings is 1. The van der Waals surface area contributed by atoms with E-state index in [2.05, 4.69) is 9.97 Å². The molecule has 2 fully saturated rings. The number of likely N-dealkylation sites (tertiary alicyclic amines) is 1. The van der Waals surface area contributed by atoms with E-state index in [4.69, 9.17) is 0 Å². The highest BCUT2D eigenvalue weighted by Gasteiger charge is 2.43. The largest absolute Gasteiger partial charge is 0.391 e. The smallest absolute Gasteiger partial charge is 0.253 e. The molecule has 7 heteroatoms. The predicted molar refractivity (Wildman–Crippen MR) is 104 cm³/mol. The summed E-state index contributed by atoms with van der Waals surface area (Å²) in [6.07, 6.45) is 6.69. The lowest BCUT2D eigenvalue weighted by molar-refractivity contribution is 0.0357. The first kappa shape index (κ1) is 16.9. The summed E-state index contributed by atoms with van der Waals surface area (Å²) in [5.41, 5.74) is 1.69. The Balaban J connectivity index is 1.34. The molecule has 0 spiro atoms. The zero-order valence-corrected chi connectivity index (χ0v) is 16.0. The first-order chi connectivity index (χ1) is 13.1. The van der Waals surface area contributed by atoms with E-state index in [0.29, 0.717) is 11.8 Å². The molecular formula is C20H22N4O2S. The monoisotopic (exact) mass is 382 g/mol. The van der Waals surface area contributed by atoms with Crippen LogP contribution in [0.15, 0.2) is 36.9 Å². The van der Waals surface area contributed by atoms with Crippen LogP contribution in [0.25, 0.3) is 10.2 Å². The Morgan fingerprint density at radius 2 is 2.07 bits per heavy atom. The number of aryl methyl sites for hydroxylation is 1. The Morgan fingerprint density at radius 3 is 2.85 bits per heavy atom. The highest BCUT2D eigenvalue weighted by atomic mass is 32.1. The highest BCUT2D eigenvalue weighted by Crippen LogP contribution is 2.41. The molecule has 6 nitrogen and oxygen atoms in total. The molecule has 27 heavy (non-hydrogen) atoms. The van der Waals surface area contributed by atoms with Gasteiger partial charge in [-0.05, 0) is 49.8 Å². The number of hydrogen-bond acceptors (Lipinski definition) is 5. The third-order valence-electron chi connectivity index (χ3n) is 6.05. The van der Waals surface area contributed by atoms with Gasteiger partial charge in [-0.1, -0.05) is 0 Å². The number of aliphatic hydroxyl groups excluding tert-OH is 1. The molecule has 3 heterocycles. The van der Waals surface area contributed by atoms with E-state index in [0.717, 1.165) is 46.7 Å². The molecule has 5 rings (SSSR count). The highest BCUT2D eigenvalue weighted by molar-refractivity contribution is 7.18. The number of rotatable bonds is 2. The van der Waals surface area contributed by atoms with Crippen molar-refractivity contribution < 1.29 is 9.90 Å². The molecule has 3 aromatic rings. The molecule has 1 amide bonds. The lowest BCUT2D eigenvalue weighted by Crippen LogP contribution is -2.35. The van der Waals surface area contributed by atoms with E-state index in [1.54, 1.807) is 23.9 Å². The van der Waals surface area contributed by atoms with Gasteiger partial charge in [-0.2, -0.15) is 0 Å². The van der Waals surface area contributed by atoms with Crippen LogP contribution in [0.1, 0.15) is 34.2 Å². The van der Waals surface area contributed by atoms with Crippen molar-refractivity contribution >= 4 is 27.5 Å². The summed E-state index contributed by atoms with van der Waals surface area (Å²) in [6.45, 7) is 3.48. The van der Waals surface area contributed by atoms with Crippen molar-refractivity contribution in [3.8, 4) is 0 Å². The molecule has 1 saturated carbocycles. The number of carbonyl (C=O) groups is 1. The topological polar surface area (TPSA) is 71.2 Å². The molecule has 0 unspecified atom stereocenters. The van der Waals surface area contributed by atoms with Crippen LogP contribution in [0.3, 0.4) is 0 Å². The van der Waals surface area contributed by atoms with Gasteiger partial charge in [-0.15, -0.1) is 11.3 Å². The molecule has 2 aromatic heterocycles. The van der Waals surface area contributed by atoms with Gasteiger partial charge >= 0.3 is 0 Å². The number of fused-ring (bicyclic) bond motifs is 2. The number of thiazole rings is 1. The number of aromatic nitrogens is 3. The average molecular weight is 382 g/mol. The number of nitrogens with zero attached hydrogens (tertiary/aromatic N) is 4. The lowest BCUT2D eigenvalue weighted by atomic mass is 9.77. The Kier molecular flexibility index (Phi) is 4.02. The Morgan fingerprint density at radius 1 is 1.26 bits per heavy atom. The minimum absolute atomic E-state index is 0.0559. The van der Waals surface area contributed by atoms with Crippen LogP contribution < -0.4 is 0 Å². The van der Waals surface area contributed by atoms with Gasteiger partial charge in [0.2, 0.25) is 0 Å². The number of imidazole rings is 1. The van der Waals surface area contributed by atoms with Crippen LogP contribution in [0, 0.1) is 18.8 Å². The van der Waals surface area contributed by atoms with Gasteiger partial charge in [0.1, 0.15) is 0 Å². The van der Waals surface area contributed by atoms with Gasteiger partial charge in [-0.25, -0.2) is 9.97 Å². The molecule has 0 radical (unpaired) electrons. The maximum absolute atomic E-state index is 13.1. The quantitative estimate of drug-likeness (QED) is 0.740. The normalized spacial score (nSPS) is 27.9. The summed E-state index contributed by atoms with van der Waals surface area (Å²) in [6, 6.07) is 5.84. The standard InChI is InChI=1S/C20H22N4O2S/c1-12-22-16-3-2-13(8-19(16)27-12)20(26)24-9-14-6-17(23-5-4-21-11-23)18(25)7-15(14)10-24/h2-5,8,11,14-15,17-18,25H,6-7,9-10H2,1H3/t14-,15+,17-,18-/m1/s1. The van der Waals surface area contributed by atoms with Crippen LogP contribution >= 0.6 is 11.3 Å². The molecule has 1 aliphatic heterocycles. The molecule has 1 aliphatic carbocycles. The molecule has 140 valence electrons. The Hall–Kier alpha value is -2.25. The van der Waals surface area contributed by atoms with E-state index in [1.807, 2.05) is 40.8 Å². The predicted octanol–water partition coefficient (Wildman–Crippen LogP) is 2.89. The first-order valence-electron chi connectivity index (χ1n) is 9.40. The fourth-order valence-electron chi connectivity index (χ4n) is 4.71. The number of carbonyl (C=O) groups excluding carboxylic acids is 1. The van der Waals surface area contributed by atoms with Crippen molar-refractivity contribution in [1.29, 1.82) is 0 Å². The van der Waals surface area contributed by atoms with E-state index >= 15 is 0 Å². The summed E-state index contributed by atoms with van der Waals surface area (Å²) in [4.78, 5) is 23.6. The van der Waals surface area contributed by atoms with Gasteiger partial charge in [0.15, 0.2) is 0 Å². The van der Waals surface area contributed by atoms with Crippen molar-refractivity contribution in [2.45, 2.75) is 31.9 Å². The minimum atomic E-state index is -0.382. The van der Waals surface area contributed by atoms with Gasteiger partial charge in [0, 0.05) is 31.0 Å². The van der Waals surface area contributed by atoms with Gasteiger partial charge in [-0.3, -0.25) is 4.79 Å².